The lowest BCUT2D eigenvalue weighted by atomic mass is 9.92. The lowest BCUT2D eigenvalue weighted by molar-refractivity contribution is -0.132. The average molecular weight is 252 g/mol. The molecule has 2 unspecified atom stereocenters. The quantitative estimate of drug-likeness (QED) is 0.892. The van der Waals surface area contributed by atoms with E-state index in [1.807, 2.05) is 29.3 Å². The van der Waals surface area contributed by atoms with Gasteiger partial charge in [-0.05, 0) is 37.1 Å². The molecular weight excluding hydrogens is 232 g/mol. The van der Waals surface area contributed by atoms with Crippen LogP contribution >= 0.6 is 11.3 Å². The third-order valence-electron chi connectivity index (χ3n) is 3.46. The normalized spacial score (nSPS) is 22.5. The largest absolute Gasteiger partial charge is 0.342 e. The summed E-state index contributed by atoms with van der Waals surface area (Å²) in [4.78, 5) is 15.3. The molecule has 1 amide bonds. The van der Waals surface area contributed by atoms with Gasteiger partial charge in [-0.2, -0.15) is 0 Å². The number of thiophene rings is 1. The fourth-order valence-corrected chi connectivity index (χ4v) is 3.04. The maximum absolute atomic E-state index is 12.1. The molecule has 17 heavy (non-hydrogen) atoms. The Labute approximate surface area is 107 Å². The molecule has 1 aromatic rings. The summed E-state index contributed by atoms with van der Waals surface area (Å²) in [5, 5.41) is 2.02. The van der Waals surface area contributed by atoms with Gasteiger partial charge in [0.15, 0.2) is 0 Å². The molecule has 4 heteroatoms. The van der Waals surface area contributed by atoms with Crippen LogP contribution in [0, 0.1) is 5.92 Å². The van der Waals surface area contributed by atoms with E-state index in [2.05, 4.69) is 0 Å². The molecule has 1 aromatic heterocycles. The van der Waals surface area contributed by atoms with E-state index in [-0.39, 0.29) is 11.9 Å². The number of nitrogens with zero attached hydrogens (tertiary/aromatic N) is 1. The molecule has 94 valence electrons. The number of carbonyl (C=O) groups is 1. The predicted molar refractivity (Wildman–Crippen MR) is 71.0 cm³/mol. The molecule has 0 bridgehead atoms. The summed E-state index contributed by atoms with van der Waals surface area (Å²) >= 11 is 1.65. The van der Waals surface area contributed by atoms with Gasteiger partial charge in [-0.3, -0.25) is 4.79 Å². The molecule has 1 saturated heterocycles. The molecule has 2 N–H and O–H groups in total. The van der Waals surface area contributed by atoms with Gasteiger partial charge in [0.05, 0.1) is 6.42 Å². The summed E-state index contributed by atoms with van der Waals surface area (Å²) < 4.78 is 0. The van der Waals surface area contributed by atoms with Gasteiger partial charge in [-0.25, -0.2) is 0 Å². The minimum absolute atomic E-state index is 0.187. The third kappa shape index (κ3) is 3.30. The van der Waals surface area contributed by atoms with Crippen molar-refractivity contribution in [2.45, 2.75) is 32.2 Å². The molecule has 1 aliphatic heterocycles. The first-order valence-electron chi connectivity index (χ1n) is 6.22. The predicted octanol–water partition coefficient (Wildman–Crippen LogP) is 1.88. The van der Waals surface area contributed by atoms with Gasteiger partial charge in [0.2, 0.25) is 5.91 Å². The second-order valence-electron chi connectivity index (χ2n) is 4.86. The highest BCUT2D eigenvalue weighted by Crippen LogP contribution is 2.20. The minimum Gasteiger partial charge on any atom is -0.342 e. The highest BCUT2D eigenvalue weighted by molar-refractivity contribution is 7.10. The summed E-state index contributed by atoms with van der Waals surface area (Å²) in [6, 6.07) is 4.21. The van der Waals surface area contributed by atoms with E-state index in [0.29, 0.717) is 12.3 Å². The molecule has 2 rings (SSSR count). The van der Waals surface area contributed by atoms with Crippen LogP contribution in [-0.2, 0) is 11.2 Å². The van der Waals surface area contributed by atoms with Crippen molar-refractivity contribution in [3.8, 4) is 0 Å². The molecule has 1 aliphatic rings. The van der Waals surface area contributed by atoms with Gasteiger partial charge in [0, 0.05) is 24.0 Å². The van der Waals surface area contributed by atoms with Crippen LogP contribution in [-0.4, -0.2) is 29.9 Å². The molecule has 0 radical (unpaired) electrons. The summed E-state index contributed by atoms with van der Waals surface area (Å²) in [7, 11) is 0. The Morgan fingerprint density at radius 2 is 2.53 bits per heavy atom. The van der Waals surface area contributed by atoms with Crippen molar-refractivity contribution in [3.05, 3.63) is 22.4 Å². The maximum atomic E-state index is 12.1. The van der Waals surface area contributed by atoms with E-state index in [4.69, 9.17) is 5.73 Å². The SMILES string of the molecule is CC(N)C1CCCN(C(=O)Cc2cccs2)C1. The van der Waals surface area contributed by atoms with E-state index in [1.165, 1.54) is 0 Å². The number of hydrogen-bond donors (Lipinski definition) is 1. The van der Waals surface area contributed by atoms with Crippen molar-refractivity contribution in [3.63, 3.8) is 0 Å². The molecule has 0 aliphatic carbocycles. The van der Waals surface area contributed by atoms with Crippen LogP contribution in [0.25, 0.3) is 0 Å². The van der Waals surface area contributed by atoms with Gasteiger partial charge in [-0.15, -0.1) is 11.3 Å². The zero-order valence-corrected chi connectivity index (χ0v) is 11.1. The zero-order valence-electron chi connectivity index (χ0n) is 10.3. The van der Waals surface area contributed by atoms with Gasteiger partial charge >= 0.3 is 0 Å². The molecule has 2 heterocycles. The molecule has 1 fully saturated rings. The number of piperidine rings is 1. The number of rotatable bonds is 3. The van der Waals surface area contributed by atoms with Crippen molar-refractivity contribution in [2.75, 3.05) is 13.1 Å². The maximum Gasteiger partial charge on any atom is 0.227 e. The van der Waals surface area contributed by atoms with Crippen molar-refractivity contribution >= 4 is 17.2 Å². The van der Waals surface area contributed by atoms with Crippen LogP contribution in [0.4, 0.5) is 0 Å². The van der Waals surface area contributed by atoms with Gasteiger partial charge in [0.25, 0.3) is 0 Å². The second-order valence-corrected chi connectivity index (χ2v) is 5.89. The van der Waals surface area contributed by atoms with Crippen LogP contribution in [0.2, 0.25) is 0 Å². The Morgan fingerprint density at radius 3 is 3.18 bits per heavy atom. The van der Waals surface area contributed by atoms with E-state index in [1.54, 1.807) is 11.3 Å². The first-order valence-corrected chi connectivity index (χ1v) is 7.10. The Morgan fingerprint density at radius 1 is 1.71 bits per heavy atom. The summed E-state index contributed by atoms with van der Waals surface area (Å²) in [5.74, 6) is 0.717. The van der Waals surface area contributed by atoms with Gasteiger partial charge < -0.3 is 10.6 Å². The Bertz CT molecular complexity index is 362. The van der Waals surface area contributed by atoms with Crippen LogP contribution in [0.15, 0.2) is 17.5 Å². The number of carbonyl (C=O) groups excluding carboxylic acids is 1. The second kappa shape index (κ2) is 5.65. The number of amides is 1. The van der Waals surface area contributed by atoms with E-state index in [9.17, 15) is 4.79 Å². The lowest BCUT2D eigenvalue weighted by Crippen LogP contribution is -2.45. The van der Waals surface area contributed by atoms with Gasteiger partial charge in [-0.1, -0.05) is 6.07 Å². The van der Waals surface area contributed by atoms with Crippen LogP contribution in [0.1, 0.15) is 24.6 Å². The number of nitrogens with two attached hydrogens (primary N) is 1. The topological polar surface area (TPSA) is 46.3 Å². The lowest BCUT2D eigenvalue weighted by Gasteiger charge is -2.34. The fourth-order valence-electron chi connectivity index (χ4n) is 2.34. The molecular formula is C13H20N2OS. The van der Waals surface area contributed by atoms with Crippen molar-refractivity contribution in [1.29, 1.82) is 0 Å². The monoisotopic (exact) mass is 252 g/mol. The highest BCUT2D eigenvalue weighted by Gasteiger charge is 2.25. The standard InChI is InChI=1S/C13H20N2OS/c1-10(14)11-4-2-6-15(9-11)13(16)8-12-5-3-7-17-12/h3,5,7,10-11H,2,4,6,8-9,14H2,1H3. The van der Waals surface area contributed by atoms with Crippen LogP contribution in [0.3, 0.4) is 0 Å². The summed E-state index contributed by atoms with van der Waals surface area (Å²) in [5.41, 5.74) is 5.93. The Kier molecular flexibility index (Phi) is 4.18. The van der Waals surface area contributed by atoms with Crippen molar-refractivity contribution in [1.82, 2.24) is 4.90 Å². The Hall–Kier alpha value is -0.870. The van der Waals surface area contributed by atoms with Crippen LogP contribution < -0.4 is 5.73 Å². The fraction of sp³-hybridized carbons (Fsp3) is 0.615. The summed E-state index contributed by atoms with van der Waals surface area (Å²) in [6.45, 7) is 3.77. The van der Waals surface area contributed by atoms with Gasteiger partial charge in [0.1, 0.15) is 0 Å². The van der Waals surface area contributed by atoms with E-state index in [0.717, 1.165) is 30.8 Å². The molecule has 3 nitrogen and oxygen atoms in total. The minimum atomic E-state index is 0.187. The molecule has 0 aromatic carbocycles. The van der Waals surface area contributed by atoms with E-state index >= 15 is 0 Å². The number of likely N-dealkylation sites (tertiary alicyclic amines) is 1. The number of hydrogen-bond acceptors (Lipinski definition) is 3. The Balaban J connectivity index is 1.91. The highest BCUT2D eigenvalue weighted by atomic mass is 32.1. The molecule has 2 atom stereocenters. The van der Waals surface area contributed by atoms with Crippen molar-refractivity contribution in [2.24, 2.45) is 11.7 Å². The van der Waals surface area contributed by atoms with E-state index < -0.39 is 0 Å². The molecule has 0 spiro atoms. The van der Waals surface area contributed by atoms with Crippen LogP contribution in [0.5, 0.6) is 0 Å². The van der Waals surface area contributed by atoms with Crippen molar-refractivity contribution < 1.29 is 4.79 Å². The zero-order chi connectivity index (χ0) is 12.3. The average Bonchev–Trinajstić information content (AvgIpc) is 2.82. The summed E-state index contributed by atoms with van der Waals surface area (Å²) in [6.07, 6.45) is 2.78. The smallest absolute Gasteiger partial charge is 0.227 e. The third-order valence-corrected chi connectivity index (χ3v) is 4.34. The first-order chi connectivity index (χ1) is 8.16. The first kappa shape index (κ1) is 12.6. The molecule has 0 saturated carbocycles.